The first-order valence-electron chi connectivity index (χ1n) is 5.41. The molecule has 0 heterocycles. The third-order valence-corrected chi connectivity index (χ3v) is 2.77. The van der Waals surface area contributed by atoms with E-state index in [2.05, 4.69) is 5.32 Å². The molecule has 0 aromatic heterocycles. The van der Waals surface area contributed by atoms with Gasteiger partial charge in [0.05, 0.1) is 6.04 Å². The average Bonchev–Trinajstić information content (AvgIpc) is 2.21. The van der Waals surface area contributed by atoms with E-state index >= 15 is 0 Å². The summed E-state index contributed by atoms with van der Waals surface area (Å²) in [6, 6.07) is 5.77. The van der Waals surface area contributed by atoms with Crippen molar-refractivity contribution in [3.05, 3.63) is 34.9 Å². The molecule has 15 heavy (non-hydrogen) atoms. The maximum Gasteiger partial charge on any atom is 0.179 e. The molecule has 0 bridgehead atoms. The summed E-state index contributed by atoms with van der Waals surface area (Å²) < 4.78 is 0. The summed E-state index contributed by atoms with van der Waals surface area (Å²) >= 11 is 0. The van der Waals surface area contributed by atoms with Gasteiger partial charge in [-0.1, -0.05) is 25.1 Å². The van der Waals surface area contributed by atoms with Crippen LogP contribution >= 0.6 is 0 Å². The van der Waals surface area contributed by atoms with Crippen molar-refractivity contribution >= 4 is 5.78 Å². The minimum Gasteiger partial charge on any atom is -0.308 e. The number of nitrogens with one attached hydrogen (secondary N) is 1. The summed E-state index contributed by atoms with van der Waals surface area (Å²) in [6.07, 6.45) is 0. The summed E-state index contributed by atoms with van der Waals surface area (Å²) in [4.78, 5) is 12.0. The maximum absolute atomic E-state index is 12.0. The number of aryl methyl sites for hydroxylation is 1. The fourth-order valence-corrected chi connectivity index (χ4v) is 1.65. The Balaban J connectivity index is 2.96. The van der Waals surface area contributed by atoms with E-state index in [1.165, 1.54) is 5.56 Å². The Morgan fingerprint density at radius 2 is 2.07 bits per heavy atom. The van der Waals surface area contributed by atoms with Crippen LogP contribution in [0.5, 0.6) is 0 Å². The highest BCUT2D eigenvalue weighted by Gasteiger charge is 2.16. The van der Waals surface area contributed by atoms with E-state index in [9.17, 15) is 4.79 Å². The largest absolute Gasteiger partial charge is 0.308 e. The van der Waals surface area contributed by atoms with Crippen molar-refractivity contribution in [1.82, 2.24) is 5.32 Å². The highest BCUT2D eigenvalue weighted by Crippen LogP contribution is 2.14. The van der Waals surface area contributed by atoms with Crippen LogP contribution in [0.15, 0.2) is 18.2 Å². The molecule has 1 rings (SSSR count). The second-order valence-electron chi connectivity index (χ2n) is 3.89. The molecule has 0 fully saturated rings. The maximum atomic E-state index is 12.0. The number of hydrogen-bond donors (Lipinski definition) is 1. The molecular formula is C13H19NO. The van der Waals surface area contributed by atoms with Crippen LogP contribution in [0.4, 0.5) is 0 Å². The van der Waals surface area contributed by atoms with Crippen LogP contribution in [0.1, 0.15) is 35.3 Å². The Morgan fingerprint density at radius 1 is 1.40 bits per heavy atom. The number of likely N-dealkylation sites (N-methyl/N-ethyl adjacent to an activating group) is 1. The van der Waals surface area contributed by atoms with Crippen LogP contribution in [0, 0.1) is 13.8 Å². The molecule has 1 atom stereocenters. The molecule has 0 saturated heterocycles. The number of benzene rings is 1. The van der Waals surface area contributed by atoms with Gasteiger partial charge in [-0.15, -0.1) is 0 Å². The van der Waals surface area contributed by atoms with Crippen LogP contribution < -0.4 is 5.32 Å². The predicted molar refractivity (Wildman–Crippen MR) is 63.4 cm³/mol. The third kappa shape index (κ3) is 2.66. The standard InChI is InChI=1S/C13H19NO/c1-5-14-11(4)13(15)12-8-6-7-9(2)10(12)3/h6-8,11,14H,5H2,1-4H3/t11-/m1/s1. The van der Waals surface area contributed by atoms with Crippen LogP contribution in [0.3, 0.4) is 0 Å². The van der Waals surface area contributed by atoms with E-state index in [0.717, 1.165) is 17.7 Å². The zero-order chi connectivity index (χ0) is 11.4. The van der Waals surface area contributed by atoms with E-state index in [4.69, 9.17) is 0 Å². The van der Waals surface area contributed by atoms with E-state index in [-0.39, 0.29) is 11.8 Å². The quantitative estimate of drug-likeness (QED) is 0.765. The lowest BCUT2D eigenvalue weighted by Gasteiger charge is -2.13. The summed E-state index contributed by atoms with van der Waals surface area (Å²) in [5.41, 5.74) is 3.10. The molecule has 2 nitrogen and oxygen atoms in total. The first-order chi connectivity index (χ1) is 7.07. The Bertz CT molecular complexity index is 358. The Labute approximate surface area is 91.7 Å². The summed E-state index contributed by atoms with van der Waals surface area (Å²) in [7, 11) is 0. The number of carbonyl (C=O) groups excluding carboxylic acids is 1. The van der Waals surface area contributed by atoms with Gasteiger partial charge in [0.2, 0.25) is 0 Å². The van der Waals surface area contributed by atoms with Crippen molar-refractivity contribution in [1.29, 1.82) is 0 Å². The zero-order valence-electron chi connectivity index (χ0n) is 9.92. The Morgan fingerprint density at radius 3 is 2.67 bits per heavy atom. The molecule has 0 unspecified atom stereocenters. The minimum absolute atomic E-state index is 0.101. The number of Topliss-reactive ketones (excluding diaryl/α,β-unsaturated/α-hetero) is 1. The lowest BCUT2D eigenvalue weighted by Crippen LogP contribution is -2.34. The first kappa shape index (κ1) is 11.9. The van der Waals surface area contributed by atoms with Gasteiger partial charge < -0.3 is 5.32 Å². The molecule has 0 amide bonds. The van der Waals surface area contributed by atoms with Gasteiger partial charge >= 0.3 is 0 Å². The number of ketones is 1. The molecule has 1 N–H and O–H groups in total. The molecule has 0 aliphatic carbocycles. The molecule has 1 aromatic carbocycles. The van der Waals surface area contributed by atoms with E-state index < -0.39 is 0 Å². The number of rotatable bonds is 4. The highest BCUT2D eigenvalue weighted by molar-refractivity contribution is 6.01. The SMILES string of the molecule is CCN[C@H](C)C(=O)c1cccc(C)c1C. The van der Waals surface area contributed by atoms with Gasteiger partial charge in [-0.3, -0.25) is 4.79 Å². The van der Waals surface area contributed by atoms with Gasteiger partial charge in [-0.05, 0) is 38.4 Å². The van der Waals surface area contributed by atoms with E-state index in [0.29, 0.717) is 0 Å². The Kier molecular flexibility index (Phi) is 4.04. The first-order valence-corrected chi connectivity index (χ1v) is 5.41. The Hall–Kier alpha value is -1.15. The van der Waals surface area contributed by atoms with Crippen molar-refractivity contribution in [2.45, 2.75) is 33.7 Å². The normalized spacial score (nSPS) is 12.5. The minimum atomic E-state index is -0.101. The van der Waals surface area contributed by atoms with E-state index in [1.807, 2.05) is 45.9 Å². The topological polar surface area (TPSA) is 29.1 Å². The third-order valence-electron chi connectivity index (χ3n) is 2.77. The molecule has 0 saturated carbocycles. The van der Waals surface area contributed by atoms with Crippen LogP contribution in [-0.2, 0) is 0 Å². The summed E-state index contributed by atoms with van der Waals surface area (Å²) in [5.74, 6) is 0.179. The molecular weight excluding hydrogens is 186 g/mol. The van der Waals surface area contributed by atoms with Gasteiger partial charge in [0.1, 0.15) is 0 Å². The lowest BCUT2D eigenvalue weighted by molar-refractivity contribution is 0.0951. The van der Waals surface area contributed by atoms with Crippen LogP contribution in [0.2, 0.25) is 0 Å². The average molecular weight is 205 g/mol. The molecule has 0 aliphatic heterocycles. The molecule has 0 aliphatic rings. The van der Waals surface area contributed by atoms with Crippen molar-refractivity contribution < 1.29 is 4.79 Å². The van der Waals surface area contributed by atoms with Crippen molar-refractivity contribution in [2.24, 2.45) is 0 Å². The van der Waals surface area contributed by atoms with Crippen molar-refractivity contribution in [3.8, 4) is 0 Å². The smallest absolute Gasteiger partial charge is 0.179 e. The van der Waals surface area contributed by atoms with Crippen molar-refractivity contribution in [3.63, 3.8) is 0 Å². The molecule has 2 heteroatoms. The fraction of sp³-hybridized carbons (Fsp3) is 0.462. The van der Waals surface area contributed by atoms with Crippen molar-refractivity contribution in [2.75, 3.05) is 6.54 Å². The fourth-order valence-electron chi connectivity index (χ4n) is 1.65. The monoisotopic (exact) mass is 205 g/mol. The second kappa shape index (κ2) is 5.08. The van der Waals surface area contributed by atoms with Crippen LogP contribution in [-0.4, -0.2) is 18.4 Å². The molecule has 1 aromatic rings. The van der Waals surface area contributed by atoms with Gasteiger partial charge in [-0.2, -0.15) is 0 Å². The molecule has 0 radical (unpaired) electrons. The van der Waals surface area contributed by atoms with E-state index in [1.54, 1.807) is 0 Å². The second-order valence-corrected chi connectivity index (χ2v) is 3.89. The number of hydrogen-bond acceptors (Lipinski definition) is 2. The number of carbonyl (C=O) groups is 1. The molecule has 0 spiro atoms. The van der Waals surface area contributed by atoms with Crippen LogP contribution in [0.25, 0.3) is 0 Å². The van der Waals surface area contributed by atoms with Gasteiger partial charge in [0, 0.05) is 5.56 Å². The van der Waals surface area contributed by atoms with Gasteiger partial charge in [0.15, 0.2) is 5.78 Å². The zero-order valence-corrected chi connectivity index (χ0v) is 9.92. The predicted octanol–water partition coefficient (Wildman–Crippen LogP) is 2.48. The lowest BCUT2D eigenvalue weighted by atomic mass is 9.97. The van der Waals surface area contributed by atoms with Gasteiger partial charge in [-0.25, -0.2) is 0 Å². The highest BCUT2D eigenvalue weighted by atomic mass is 16.1. The summed E-state index contributed by atoms with van der Waals surface area (Å²) in [6.45, 7) is 8.77. The molecule has 82 valence electrons. The van der Waals surface area contributed by atoms with Gasteiger partial charge in [0.25, 0.3) is 0 Å². The summed E-state index contributed by atoms with van der Waals surface area (Å²) in [5, 5.41) is 3.14.